The van der Waals surface area contributed by atoms with E-state index in [2.05, 4.69) is 25.6 Å². The second-order valence-electron chi connectivity index (χ2n) is 6.83. The number of nitrogens with zero attached hydrogens (tertiary/aromatic N) is 3. The number of amides is 1. The SMILES string of the molecule is COc1ccc(NC(=O)c2ccc(CCl)cc2)cc1Nc1nccc(-c2cccnc2)n1. The van der Waals surface area contributed by atoms with Crippen molar-refractivity contribution in [3.8, 4) is 17.0 Å². The summed E-state index contributed by atoms with van der Waals surface area (Å²) in [6, 6.07) is 18.0. The Kier molecular flexibility index (Phi) is 6.57. The molecule has 0 radical (unpaired) electrons. The summed E-state index contributed by atoms with van der Waals surface area (Å²) in [5.74, 6) is 1.16. The van der Waals surface area contributed by atoms with Crippen LogP contribution in [0.2, 0.25) is 0 Å². The lowest BCUT2D eigenvalue weighted by atomic mass is 10.1. The average molecular weight is 446 g/mol. The fourth-order valence-corrected chi connectivity index (χ4v) is 3.22. The number of aromatic nitrogens is 3. The molecule has 32 heavy (non-hydrogen) atoms. The number of carbonyl (C=O) groups excluding carboxylic acids is 1. The molecule has 0 spiro atoms. The molecule has 0 saturated heterocycles. The fourth-order valence-electron chi connectivity index (χ4n) is 3.05. The molecule has 4 aromatic rings. The second kappa shape index (κ2) is 9.89. The Morgan fingerprint density at radius 1 is 1.06 bits per heavy atom. The van der Waals surface area contributed by atoms with Crippen LogP contribution >= 0.6 is 11.6 Å². The Morgan fingerprint density at radius 3 is 2.62 bits per heavy atom. The van der Waals surface area contributed by atoms with Crippen molar-refractivity contribution in [3.05, 3.63) is 90.4 Å². The molecule has 0 aliphatic rings. The van der Waals surface area contributed by atoms with E-state index in [4.69, 9.17) is 16.3 Å². The monoisotopic (exact) mass is 445 g/mol. The highest BCUT2D eigenvalue weighted by Crippen LogP contribution is 2.30. The van der Waals surface area contributed by atoms with Gasteiger partial charge in [0.15, 0.2) is 0 Å². The van der Waals surface area contributed by atoms with Gasteiger partial charge in [-0.1, -0.05) is 12.1 Å². The van der Waals surface area contributed by atoms with Crippen LogP contribution in [-0.2, 0) is 5.88 Å². The lowest BCUT2D eigenvalue weighted by molar-refractivity contribution is 0.102. The van der Waals surface area contributed by atoms with Gasteiger partial charge in [0.1, 0.15) is 5.75 Å². The van der Waals surface area contributed by atoms with Crippen molar-refractivity contribution in [2.75, 3.05) is 17.7 Å². The molecule has 0 saturated carbocycles. The lowest BCUT2D eigenvalue weighted by Gasteiger charge is -2.13. The molecule has 0 aliphatic heterocycles. The highest BCUT2D eigenvalue weighted by molar-refractivity contribution is 6.17. The zero-order valence-corrected chi connectivity index (χ0v) is 18.0. The van der Waals surface area contributed by atoms with Gasteiger partial charge in [0.25, 0.3) is 5.91 Å². The van der Waals surface area contributed by atoms with Gasteiger partial charge in [0.2, 0.25) is 5.95 Å². The Bertz CT molecular complexity index is 1220. The topological polar surface area (TPSA) is 89.0 Å². The number of rotatable bonds is 7. The first kappa shape index (κ1) is 21.3. The summed E-state index contributed by atoms with van der Waals surface area (Å²) in [5.41, 5.74) is 4.32. The van der Waals surface area contributed by atoms with E-state index in [-0.39, 0.29) is 5.91 Å². The van der Waals surface area contributed by atoms with Crippen LogP contribution in [0, 0.1) is 0 Å². The van der Waals surface area contributed by atoms with Crippen LogP contribution < -0.4 is 15.4 Å². The number of pyridine rings is 1. The van der Waals surface area contributed by atoms with Crippen molar-refractivity contribution >= 4 is 34.8 Å². The van der Waals surface area contributed by atoms with Crippen molar-refractivity contribution in [1.82, 2.24) is 15.0 Å². The Morgan fingerprint density at radius 2 is 1.91 bits per heavy atom. The molecule has 7 nitrogen and oxygen atoms in total. The van der Waals surface area contributed by atoms with Crippen molar-refractivity contribution in [3.63, 3.8) is 0 Å². The van der Waals surface area contributed by atoms with Gasteiger partial charge in [-0.2, -0.15) is 0 Å². The minimum absolute atomic E-state index is 0.225. The Balaban J connectivity index is 1.55. The normalized spacial score (nSPS) is 10.4. The maximum absolute atomic E-state index is 12.6. The van der Waals surface area contributed by atoms with Crippen molar-refractivity contribution < 1.29 is 9.53 Å². The lowest BCUT2D eigenvalue weighted by Crippen LogP contribution is -2.12. The molecule has 0 fully saturated rings. The third-order valence-electron chi connectivity index (χ3n) is 4.69. The van der Waals surface area contributed by atoms with E-state index in [1.165, 1.54) is 0 Å². The van der Waals surface area contributed by atoms with Crippen LogP contribution in [0.15, 0.2) is 79.3 Å². The molecule has 2 aromatic carbocycles. The average Bonchev–Trinajstić information content (AvgIpc) is 2.85. The predicted octanol–water partition coefficient (Wildman–Crippen LogP) is 5.28. The third kappa shape index (κ3) is 5.01. The molecule has 0 aliphatic carbocycles. The number of ether oxygens (including phenoxy) is 1. The fraction of sp³-hybridized carbons (Fsp3) is 0.0833. The summed E-state index contributed by atoms with van der Waals surface area (Å²) in [5, 5.41) is 6.06. The largest absolute Gasteiger partial charge is 0.495 e. The van der Waals surface area contributed by atoms with E-state index in [9.17, 15) is 4.79 Å². The van der Waals surface area contributed by atoms with Gasteiger partial charge in [-0.3, -0.25) is 9.78 Å². The third-order valence-corrected chi connectivity index (χ3v) is 5.00. The number of halogens is 1. The summed E-state index contributed by atoms with van der Waals surface area (Å²) in [7, 11) is 1.57. The molecular formula is C24H20ClN5O2. The number of hydrogen-bond acceptors (Lipinski definition) is 6. The van der Waals surface area contributed by atoms with Gasteiger partial charge in [-0.25, -0.2) is 9.97 Å². The zero-order chi connectivity index (χ0) is 22.3. The maximum Gasteiger partial charge on any atom is 0.255 e. The number of methoxy groups -OCH3 is 1. The number of alkyl halides is 1. The van der Waals surface area contributed by atoms with Gasteiger partial charge in [0.05, 0.1) is 18.5 Å². The summed E-state index contributed by atoms with van der Waals surface area (Å²) in [4.78, 5) is 25.6. The molecule has 160 valence electrons. The summed E-state index contributed by atoms with van der Waals surface area (Å²) in [6.45, 7) is 0. The first-order valence-corrected chi connectivity index (χ1v) is 10.3. The number of benzene rings is 2. The first-order chi connectivity index (χ1) is 15.7. The molecule has 1 amide bonds. The van der Waals surface area contributed by atoms with Gasteiger partial charge >= 0.3 is 0 Å². The van der Waals surface area contributed by atoms with E-state index >= 15 is 0 Å². The van der Waals surface area contributed by atoms with E-state index in [1.54, 1.807) is 56.0 Å². The Labute approximate surface area is 190 Å². The molecule has 4 rings (SSSR count). The highest BCUT2D eigenvalue weighted by atomic mass is 35.5. The standard InChI is InChI=1S/C24H20ClN5O2/c1-32-22-9-8-19(28-23(31)17-6-4-16(14-25)5-7-17)13-21(22)30-24-27-12-10-20(29-24)18-3-2-11-26-15-18/h2-13,15H,14H2,1H3,(H,28,31)(H,27,29,30). The van der Waals surface area contributed by atoms with Crippen LogP contribution in [0.1, 0.15) is 15.9 Å². The van der Waals surface area contributed by atoms with E-state index in [0.29, 0.717) is 34.5 Å². The van der Waals surface area contributed by atoms with Gasteiger partial charge in [-0.15, -0.1) is 11.6 Å². The maximum atomic E-state index is 12.6. The molecule has 0 bridgehead atoms. The molecule has 0 unspecified atom stereocenters. The minimum Gasteiger partial charge on any atom is -0.495 e. The van der Waals surface area contributed by atoms with Gasteiger partial charge in [-0.05, 0) is 54.1 Å². The van der Waals surface area contributed by atoms with Crippen LogP contribution in [0.4, 0.5) is 17.3 Å². The molecule has 2 heterocycles. The van der Waals surface area contributed by atoms with E-state index < -0.39 is 0 Å². The van der Waals surface area contributed by atoms with Crippen LogP contribution in [0.3, 0.4) is 0 Å². The predicted molar refractivity (Wildman–Crippen MR) is 125 cm³/mol. The number of nitrogens with one attached hydrogen (secondary N) is 2. The van der Waals surface area contributed by atoms with Crippen LogP contribution in [0.25, 0.3) is 11.3 Å². The molecule has 0 atom stereocenters. The second-order valence-corrected chi connectivity index (χ2v) is 7.10. The molecule has 8 heteroatoms. The highest BCUT2D eigenvalue weighted by Gasteiger charge is 2.11. The summed E-state index contributed by atoms with van der Waals surface area (Å²) in [6.07, 6.45) is 5.11. The quantitative estimate of drug-likeness (QED) is 0.376. The van der Waals surface area contributed by atoms with E-state index in [1.807, 2.05) is 30.3 Å². The zero-order valence-electron chi connectivity index (χ0n) is 17.2. The molecule has 2 N–H and O–H groups in total. The Hall–Kier alpha value is -3.97. The van der Waals surface area contributed by atoms with Gasteiger partial charge in [0, 0.05) is 41.3 Å². The van der Waals surface area contributed by atoms with Gasteiger partial charge < -0.3 is 15.4 Å². The van der Waals surface area contributed by atoms with Crippen LogP contribution in [0.5, 0.6) is 5.75 Å². The smallest absolute Gasteiger partial charge is 0.255 e. The van der Waals surface area contributed by atoms with Crippen molar-refractivity contribution in [2.45, 2.75) is 5.88 Å². The van der Waals surface area contributed by atoms with Crippen LogP contribution in [-0.4, -0.2) is 28.0 Å². The van der Waals surface area contributed by atoms with Crippen molar-refractivity contribution in [1.29, 1.82) is 0 Å². The van der Waals surface area contributed by atoms with E-state index in [0.717, 1.165) is 16.8 Å². The number of anilines is 3. The minimum atomic E-state index is -0.225. The summed E-state index contributed by atoms with van der Waals surface area (Å²) >= 11 is 5.81. The van der Waals surface area contributed by atoms with Crippen molar-refractivity contribution in [2.24, 2.45) is 0 Å². The number of hydrogen-bond donors (Lipinski definition) is 2. The summed E-state index contributed by atoms with van der Waals surface area (Å²) < 4.78 is 5.45. The molecule has 2 aromatic heterocycles. The first-order valence-electron chi connectivity index (χ1n) is 9.81. The molecular weight excluding hydrogens is 426 g/mol. The number of carbonyl (C=O) groups is 1.